The van der Waals surface area contributed by atoms with Crippen LogP contribution in [0, 0.1) is 0 Å². The van der Waals surface area contributed by atoms with Gasteiger partial charge in [0.15, 0.2) is 0 Å². The van der Waals surface area contributed by atoms with Crippen molar-refractivity contribution in [3.8, 4) is 0 Å². The van der Waals surface area contributed by atoms with E-state index in [1.807, 2.05) is 24.5 Å². The average Bonchev–Trinajstić information content (AvgIpc) is 2.55. The second-order valence-corrected chi connectivity index (χ2v) is 6.34. The van der Waals surface area contributed by atoms with Crippen molar-refractivity contribution in [3.05, 3.63) is 87.8 Å². The summed E-state index contributed by atoms with van der Waals surface area (Å²) < 4.78 is 1.36. The van der Waals surface area contributed by atoms with Gasteiger partial charge in [-0.3, -0.25) is 4.98 Å². The van der Waals surface area contributed by atoms with Gasteiger partial charge < -0.3 is 0 Å². The second kappa shape index (κ2) is 6.39. The molecule has 0 aliphatic heterocycles. The Labute approximate surface area is 139 Å². The lowest BCUT2D eigenvalue weighted by molar-refractivity contribution is 0.843. The van der Waals surface area contributed by atoms with Crippen LogP contribution in [0.3, 0.4) is 0 Å². The summed E-state index contributed by atoms with van der Waals surface area (Å²) in [6.45, 7) is 3.84. The number of rotatable bonds is 3. The monoisotopic (exact) mass is 385 g/mol. The number of pyridine rings is 1. The van der Waals surface area contributed by atoms with Crippen molar-refractivity contribution in [2.75, 3.05) is 0 Å². The summed E-state index contributed by atoms with van der Waals surface area (Å²) in [5.41, 5.74) is 4.99. The first kappa shape index (κ1) is 14.3. The van der Waals surface area contributed by atoms with E-state index in [0.717, 1.165) is 12.0 Å². The van der Waals surface area contributed by atoms with Gasteiger partial charge in [-0.05, 0) is 73.1 Å². The highest BCUT2D eigenvalue weighted by molar-refractivity contribution is 14.1. The third kappa shape index (κ3) is 3.16. The van der Waals surface area contributed by atoms with Crippen molar-refractivity contribution in [2.45, 2.75) is 12.3 Å². The second-order valence-electron chi connectivity index (χ2n) is 5.09. The maximum absolute atomic E-state index is 4.23. The summed E-state index contributed by atoms with van der Waals surface area (Å²) in [5.74, 6) is 0.436. The molecule has 0 saturated heterocycles. The first-order chi connectivity index (χ1) is 10.3. The molecular formula is C19H16IN. The van der Waals surface area contributed by atoms with E-state index in [1.165, 1.54) is 20.3 Å². The number of aromatic nitrogens is 1. The minimum absolute atomic E-state index is 0.436. The molecule has 104 valence electrons. The number of hydrogen-bond donors (Lipinski definition) is 0. The quantitative estimate of drug-likeness (QED) is 0.626. The van der Waals surface area contributed by atoms with Gasteiger partial charge in [0.25, 0.3) is 0 Å². The molecule has 0 spiro atoms. The third-order valence-corrected chi connectivity index (χ3v) is 4.81. The fraction of sp³-hybridized carbons (Fsp3) is 0.105. The van der Waals surface area contributed by atoms with Crippen molar-refractivity contribution in [2.24, 2.45) is 0 Å². The highest BCUT2D eigenvalue weighted by Crippen LogP contribution is 2.39. The Morgan fingerprint density at radius 2 is 2.14 bits per heavy atom. The largest absolute Gasteiger partial charge is 0.264 e. The number of allylic oxidation sites excluding steroid dienone is 4. The number of hydrogen-bond acceptors (Lipinski definition) is 1. The SMILES string of the molecule is C=Cc1cccc(C2=CCC(c3cccnc3)C(I)=C2)c1. The van der Waals surface area contributed by atoms with E-state index in [-0.39, 0.29) is 0 Å². The Bertz CT molecular complexity index is 713. The molecule has 0 N–H and O–H groups in total. The van der Waals surface area contributed by atoms with Gasteiger partial charge in [0.05, 0.1) is 0 Å². The molecule has 1 unspecified atom stereocenters. The number of halogens is 1. The molecule has 1 aromatic carbocycles. The lowest BCUT2D eigenvalue weighted by Crippen LogP contribution is -2.02. The molecule has 2 aromatic rings. The zero-order valence-electron chi connectivity index (χ0n) is 11.7. The van der Waals surface area contributed by atoms with Gasteiger partial charge in [-0.15, -0.1) is 0 Å². The maximum Gasteiger partial charge on any atom is 0.0306 e. The molecule has 1 aromatic heterocycles. The summed E-state index contributed by atoms with van der Waals surface area (Å²) in [6, 6.07) is 12.7. The van der Waals surface area contributed by atoms with Gasteiger partial charge in [-0.25, -0.2) is 0 Å². The van der Waals surface area contributed by atoms with Crippen LogP contribution in [0.5, 0.6) is 0 Å². The van der Waals surface area contributed by atoms with E-state index in [0.29, 0.717) is 5.92 Å². The molecule has 1 aliphatic rings. The highest BCUT2D eigenvalue weighted by atomic mass is 127. The fourth-order valence-corrected chi connectivity index (χ4v) is 3.54. The summed E-state index contributed by atoms with van der Waals surface area (Å²) >= 11 is 2.45. The van der Waals surface area contributed by atoms with Crippen LogP contribution in [-0.2, 0) is 0 Å². The zero-order valence-corrected chi connectivity index (χ0v) is 13.8. The van der Waals surface area contributed by atoms with E-state index >= 15 is 0 Å². The summed E-state index contributed by atoms with van der Waals surface area (Å²) in [4.78, 5) is 4.23. The van der Waals surface area contributed by atoms with E-state index < -0.39 is 0 Å². The molecule has 0 fully saturated rings. The molecule has 1 aliphatic carbocycles. The van der Waals surface area contributed by atoms with Crippen LogP contribution in [0.15, 0.2) is 71.1 Å². The molecule has 2 heteroatoms. The van der Waals surface area contributed by atoms with Gasteiger partial charge in [0, 0.05) is 18.3 Å². The van der Waals surface area contributed by atoms with Gasteiger partial charge in [-0.1, -0.05) is 43.0 Å². The number of benzene rings is 1. The van der Waals surface area contributed by atoms with Crippen molar-refractivity contribution < 1.29 is 0 Å². The average molecular weight is 385 g/mol. The van der Waals surface area contributed by atoms with Crippen molar-refractivity contribution in [1.82, 2.24) is 4.98 Å². The van der Waals surface area contributed by atoms with Gasteiger partial charge in [0.1, 0.15) is 0 Å². The lowest BCUT2D eigenvalue weighted by atomic mass is 9.88. The molecule has 0 amide bonds. The Balaban J connectivity index is 1.88. The summed E-state index contributed by atoms with van der Waals surface area (Å²) in [6.07, 6.45) is 11.3. The Hall–Kier alpha value is -1.68. The first-order valence-electron chi connectivity index (χ1n) is 6.98. The lowest BCUT2D eigenvalue weighted by Gasteiger charge is -2.20. The smallest absolute Gasteiger partial charge is 0.0306 e. The minimum atomic E-state index is 0.436. The molecule has 21 heavy (non-hydrogen) atoms. The van der Waals surface area contributed by atoms with Crippen LogP contribution in [0.2, 0.25) is 0 Å². The van der Waals surface area contributed by atoms with Crippen molar-refractivity contribution >= 4 is 34.2 Å². The van der Waals surface area contributed by atoms with Gasteiger partial charge in [0.2, 0.25) is 0 Å². The Morgan fingerprint density at radius 1 is 1.24 bits per heavy atom. The maximum atomic E-state index is 4.23. The predicted molar refractivity (Wildman–Crippen MR) is 98.2 cm³/mol. The van der Waals surface area contributed by atoms with Crippen LogP contribution in [0.4, 0.5) is 0 Å². The van der Waals surface area contributed by atoms with E-state index in [4.69, 9.17) is 0 Å². The molecular weight excluding hydrogens is 369 g/mol. The van der Waals surface area contributed by atoms with Crippen LogP contribution in [0.1, 0.15) is 29.0 Å². The molecule has 0 saturated carbocycles. The fourth-order valence-electron chi connectivity index (χ4n) is 2.59. The van der Waals surface area contributed by atoms with Gasteiger partial charge >= 0.3 is 0 Å². The molecule has 1 heterocycles. The van der Waals surface area contributed by atoms with Crippen molar-refractivity contribution in [1.29, 1.82) is 0 Å². The van der Waals surface area contributed by atoms with E-state index in [2.05, 4.69) is 76.6 Å². The van der Waals surface area contributed by atoms with Crippen molar-refractivity contribution in [3.63, 3.8) is 0 Å². The molecule has 1 atom stereocenters. The summed E-state index contributed by atoms with van der Waals surface area (Å²) in [7, 11) is 0. The van der Waals surface area contributed by atoms with Crippen LogP contribution in [-0.4, -0.2) is 4.98 Å². The normalized spacial score (nSPS) is 17.9. The zero-order chi connectivity index (χ0) is 14.7. The summed E-state index contributed by atoms with van der Waals surface area (Å²) in [5, 5.41) is 0. The first-order valence-corrected chi connectivity index (χ1v) is 8.06. The standard InChI is InChI=1S/C19H16IN/c1-2-14-5-3-6-15(11-14)16-8-9-18(19(20)12-16)17-7-4-10-21-13-17/h2-8,10-13,18H,1,9H2. The number of nitrogens with zero attached hydrogens (tertiary/aromatic N) is 1. The van der Waals surface area contributed by atoms with Crippen LogP contribution in [0.25, 0.3) is 11.6 Å². The highest BCUT2D eigenvalue weighted by Gasteiger charge is 2.18. The Kier molecular flexibility index (Phi) is 4.34. The van der Waals surface area contributed by atoms with Gasteiger partial charge in [-0.2, -0.15) is 0 Å². The molecule has 0 radical (unpaired) electrons. The minimum Gasteiger partial charge on any atom is -0.264 e. The predicted octanol–water partition coefficient (Wildman–Crippen LogP) is 5.61. The third-order valence-electron chi connectivity index (χ3n) is 3.74. The van der Waals surface area contributed by atoms with E-state index in [9.17, 15) is 0 Å². The topological polar surface area (TPSA) is 12.9 Å². The van der Waals surface area contributed by atoms with E-state index in [1.54, 1.807) is 0 Å². The van der Waals surface area contributed by atoms with Crippen LogP contribution < -0.4 is 0 Å². The van der Waals surface area contributed by atoms with Crippen LogP contribution >= 0.6 is 22.6 Å². The molecule has 1 nitrogen and oxygen atoms in total. The molecule has 0 bridgehead atoms. The Morgan fingerprint density at radius 3 is 2.86 bits per heavy atom. The molecule has 3 rings (SSSR count).